The second-order valence-electron chi connectivity index (χ2n) is 9.88. The van der Waals surface area contributed by atoms with Gasteiger partial charge in [-0.2, -0.15) is 5.10 Å². The lowest BCUT2D eigenvalue weighted by Gasteiger charge is -2.45. The summed E-state index contributed by atoms with van der Waals surface area (Å²) >= 11 is 1.48. The molecule has 4 aromatic rings. The minimum Gasteiger partial charge on any atom is -0.351 e. The molecule has 2 bridgehead atoms. The molecular weight excluding hydrogens is 486 g/mol. The Balaban J connectivity index is 1.12. The van der Waals surface area contributed by atoms with E-state index >= 15 is 0 Å². The van der Waals surface area contributed by atoms with Gasteiger partial charge < -0.3 is 10.6 Å². The Kier molecular flexibility index (Phi) is 6.43. The summed E-state index contributed by atoms with van der Waals surface area (Å²) in [7, 11) is 0. The van der Waals surface area contributed by atoms with Crippen molar-refractivity contribution in [3.63, 3.8) is 0 Å². The Bertz CT molecular complexity index is 1440. The highest BCUT2D eigenvalue weighted by Gasteiger charge is 2.33. The van der Waals surface area contributed by atoms with E-state index in [-0.39, 0.29) is 11.8 Å². The van der Waals surface area contributed by atoms with Crippen LogP contribution in [0.4, 0.5) is 5.69 Å². The third-order valence-electron chi connectivity index (χ3n) is 7.49. The van der Waals surface area contributed by atoms with E-state index in [2.05, 4.69) is 30.6 Å². The highest BCUT2D eigenvalue weighted by Crippen LogP contribution is 2.34. The number of hydrogen-bond acceptors (Lipinski definition) is 7. The fourth-order valence-electron chi connectivity index (χ4n) is 5.42. The number of thiazole rings is 1. The fourth-order valence-corrected chi connectivity index (χ4v) is 6.47. The predicted molar refractivity (Wildman–Crippen MR) is 143 cm³/mol. The maximum Gasteiger partial charge on any atom is 0.260 e. The van der Waals surface area contributed by atoms with Crippen molar-refractivity contribution in [3.8, 4) is 10.4 Å². The van der Waals surface area contributed by atoms with E-state index in [4.69, 9.17) is 0 Å². The number of nitrogens with zero attached hydrogens (tertiary/aromatic N) is 5. The van der Waals surface area contributed by atoms with Crippen LogP contribution < -0.4 is 10.6 Å². The number of nitrogens with one attached hydrogen (secondary N) is 2. The molecule has 1 aliphatic carbocycles. The quantitative estimate of drug-likeness (QED) is 0.385. The Morgan fingerprint density at radius 1 is 1.14 bits per heavy atom. The minimum absolute atomic E-state index is 0.183. The number of hydrogen-bond donors (Lipinski definition) is 2. The molecule has 6 heterocycles. The third-order valence-corrected chi connectivity index (χ3v) is 8.66. The van der Waals surface area contributed by atoms with Gasteiger partial charge in [-0.05, 0) is 50.7 Å². The van der Waals surface area contributed by atoms with E-state index in [9.17, 15) is 9.59 Å². The average molecular weight is 516 g/mol. The van der Waals surface area contributed by atoms with Crippen molar-refractivity contribution in [3.05, 3.63) is 66.0 Å². The van der Waals surface area contributed by atoms with Gasteiger partial charge >= 0.3 is 0 Å². The first-order valence-electron chi connectivity index (χ1n) is 12.7. The Morgan fingerprint density at radius 3 is 2.76 bits per heavy atom. The molecule has 0 radical (unpaired) electrons. The van der Waals surface area contributed by atoms with Crippen molar-refractivity contribution < 1.29 is 9.59 Å². The summed E-state index contributed by atoms with van der Waals surface area (Å²) in [4.78, 5) is 38.8. The van der Waals surface area contributed by atoms with Crippen LogP contribution in [0.3, 0.4) is 0 Å². The van der Waals surface area contributed by atoms with Crippen LogP contribution in [0.1, 0.15) is 52.1 Å². The summed E-state index contributed by atoms with van der Waals surface area (Å²) in [5.41, 5.74) is 3.01. The molecule has 2 saturated heterocycles. The number of fused-ring (bicyclic) bond motifs is 4. The van der Waals surface area contributed by atoms with Crippen molar-refractivity contribution in [2.45, 2.75) is 38.6 Å². The van der Waals surface area contributed by atoms with Crippen molar-refractivity contribution >= 4 is 33.7 Å². The molecule has 37 heavy (non-hydrogen) atoms. The molecule has 1 saturated carbocycles. The summed E-state index contributed by atoms with van der Waals surface area (Å²) in [6.07, 6.45) is 13.8. The zero-order valence-corrected chi connectivity index (χ0v) is 21.5. The number of anilines is 1. The largest absolute Gasteiger partial charge is 0.351 e. The summed E-state index contributed by atoms with van der Waals surface area (Å²) in [6, 6.07) is 6.21. The molecule has 3 aliphatic rings. The SMILES string of the molecule is Cc1ncc(C(=O)NCCN2CC3CCC2CC3)cc1NC(=O)c1cnn2cc(-c3cccnc3)sc12. The zero-order chi connectivity index (χ0) is 25.4. The molecule has 9 nitrogen and oxygen atoms in total. The number of carbonyl (C=O) groups excluding carboxylic acids is 2. The Labute approximate surface area is 218 Å². The molecule has 0 unspecified atom stereocenters. The van der Waals surface area contributed by atoms with Gasteiger partial charge in [0.05, 0.1) is 33.6 Å². The van der Waals surface area contributed by atoms with Gasteiger partial charge in [-0.15, -0.1) is 11.3 Å². The topological polar surface area (TPSA) is 105 Å². The van der Waals surface area contributed by atoms with Gasteiger partial charge in [-0.1, -0.05) is 6.07 Å². The highest BCUT2D eigenvalue weighted by atomic mass is 32.1. The maximum atomic E-state index is 13.2. The summed E-state index contributed by atoms with van der Waals surface area (Å²) in [6.45, 7) is 4.43. The fraction of sp³-hybridized carbons (Fsp3) is 0.370. The number of pyridine rings is 2. The number of piperidine rings is 2. The Morgan fingerprint density at radius 2 is 2.00 bits per heavy atom. The molecule has 190 valence electrons. The van der Waals surface area contributed by atoms with Crippen molar-refractivity contribution in [1.82, 2.24) is 29.8 Å². The number of rotatable bonds is 7. The van der Waals surface area contributed by atoms with Gasteiger partial charge in [0, 0.05) is 56.0 Å². The number of aromatic nitrogens is 4. The molecule has 10 heteroatoms. The minimum atomic E-state index is -0.294. The molecule has 0 aromatic carbocycles. The average Bonchev–Trinajstić information content (AvgIpc) is 3.52. The van der Waals surface area contributed by atoms with Crippen LogP contribution >= 0.6 is 11.3 Å². The van der Waals surface area contributed by atoms with E-state index in [1.807, 2.05) is 25.3 Å². The standard InChI is InChI=1S/C27H29N7O2S/c1-17-23(11-20(13-30-17)25(35)29-9-10-33-15-18-4-6-21(33)7-5-18)32-26(36)22-14-31-34-16-24(37-27(22)34)19-3-2-8-28-12-19/h2-3,8,11-14,16,18,21H,4-7,9-10,15H2,1H3,(H,29,35)(H,32,36). The van der Waals surface area contributed by atoms with Crippen molar-refractivity contribution in [2.75, 3.05) is 25.0 Å². The highest BCUT2D eigenvalue weighted by molar-refractivity contribution is 7.21. The monoisotopic (exact) mass is 515 g/mol. The predicted octanol–water partition coefficient (Wildman–Crippen LogP) is 4.02. The van der Waals surface area contributed by atoms with Crippen molar-refractivity contribution in [2.24, 2.45) is 5.92 Å². The molecule has 0 atom stereocenters. The van der Waals surface area contributed by atoms with Crippen LogP contribution in [-0.4, -0.2) is 62.0 Å². The molecule has 2 N–H and O–H groups in total. The lowest BCUT2D eigenvalue weighted by Crippen LogP contribution is -2.50. The first-order chi connectivity index (χ1) is 18.0. The molecular formula is C27H29N7O2S. The molecule has 4 aromatic heterocycles. The molecule has 7 rings (SSSR count). The second kappa shape index (κ2) is 10.0. The van der Waals surface area contributed by atoms with E-state index in [0.29, 0.717) is 35.1 Å². The van der Waals surface area contributed by atoms with Gasteiger partial charge in [0.2, 0.25) is 0 Å². The van der Waals surface area contributed by atoms with Crippen LogP contribution in [0, 0.1) is 12.8 Å². The van der Waals surface area contributed by atoms with Crippen LogP contribution in [0.15, 0.2) is 49.2 Å². The lowest BCUT2D eigenvalue weighted by atomic mass is 9.80. The van der Waals surface area contributed by atoms with Gasteiger partial charge in [-0.25, -0.2) is 4.52 Å². The summed E-state index contributed by atoms with van der Waals surface area (Å²) < 4.78 is 1.70. The van der Waals surface area contributed by atoms with Gasteiger partial charge in [0.1, 0.15) is 4.83 Å². The molecule has 0 spiro atoms. The molecule has 2 amide bonds. The third kappa shape index (κ3) is 4.86. The normalized spacial score (nSPS) is 19.3. The zero-order valence-electron chi connectivity index (χ0n) is 20.7. The molecule has 3 fully saturated rings. The summed E-state index contributed by atoms with van der Waals surface area (Å²) in [5.74, 6) is 0.344. The van der Waals surface area contributed by atoms with E-state index in [1.165, 1.54) is 37.0 Å². The number of aryl methyl sites for hydroxylation is 1. The Hall–Kier alpha value is -3.63. The summed E-state index contributed by atoms with van der Waals surface area (Å²) in [5, 5.41) is 10.3. The van der Waals surface area contributed by atoms with E-state index in [1.54, 1.807) is 35.4 Å². The van der Waals surface area contributed by atoms with Gasteiger partial charge in [0.25, 0.3) is 11.8 Å². The van der Waals surface area contributed by atoms with Crippen LogP contribution in [0.5, 0.6) is 0 Å². The first-order valence-corrected chi connectivity index (χ1v) is 13.5. The van der Waals surface area contributed by atoms with Crippen LogP contribution in [0.2, 0.25) is 0 Å². The number of amides is 2. The van der Waals surface area contributed by atoms with Gasteiger partial charge in [-0.3, -0.25) is 24.5 Å². The number of carbonyl (C=O) groups is 2. The molecule has 2 aliphatic heterocycles. The van der Waals surface area contributed by atoms with Gasteiger partial charge in [0.15, 0.2) is 0 Å². The van der Waals surface area contributed by atoms with E-state index < -0.39 is 0 Å². The van der Waals surface area contributed by atoms with Crippen LogP contribution in [-0.2, 0) is 0 Å². The van der Waals surface area contributed by atoms with Crippen molar-refractivity contribution in [1.29, 1.82) is 0 Å². The lowest BCUT2D eigenvalue weighted by molar-refractivity contribution is 0.0494. The first kappa shape index (κ1) is 23.7. The maximum absolute atomic E-state index is 13.2. The smallest absolute Gasteiger partial charge is 0.260 e. The second-order valence-corrected chi connectivity index (χ2v) is 10.9. The van der Waals surface area contributed by atoms with Crippen LogP contribution in [0.25, 0.3) is 15.3 Å². The van der Waals surface area contributed by atoms with E-state index in [0.717, 1.165) is 34.3 Å².